The molecule has 8 nitrogen and oxygen atoms in total. The number of anilines is 2. The van der Waals surface area contributed by atoms with Gasteiger partial charge in [-0.25, -0.2) is 4.98 Å². The second-order valence-electron chi connectivity index (χ2n) is 5.72. The van der Waals surface area contributed by atoms with Crippen molar-refractivity contribution in [1.29, 1.82) is 0 Å². The first-order valence-electron chi connectivity index (χ1n) is 8.00. The van der Waals surface area contributed by atoms with Gasteiger partial charge in [0, 0.05) is 51.4 Å². The highest BCUT2D eigenvalue weighted by Crippen LogP contribution is 2.16. The minimum absolute atomic E-state index is 0.614. The summed E-state index contributed by atoms with van der Waals surface area (Å²) in [5.74, 6) is 3.05. The van der Waals surface area contributed by atoms with Crippen LogP contribution in [0.3, 0.4) is 0 Å². The topological polar surface area (TPSA) is 83.2 Å². The molecule has 0 radical (unpaired) electrons. The lowest BCUT2D eigenvalue weighted by atomic mass is 10.3. The predicted octanol–water partition coefficient (Wildman–Crippen LogP) is 1.23. The van der Waals surface area contributed by atoms with Crippen molar-refractivity contribution in [2.75, 3.05) is 42.9 Å². The van der Waals surface area contributed by atoms with Gasteiger partial charge in [0.25, 0.3) is 0 Å². The van der Waals surface area contributed by atoms with Crippen molar-refractivity contribution < 1.29 is 4.52 Å². The molecule has 1 aliphatic rings. The first-order valence-corrected chi connectivity index (χ1v) is 8.00. The smallest absolute Gasteiger partial charge is 0.227 e. The van der Waals surface area contributed by atoms with E-state index in [0.29, 0.717) is 5.89 Å². The Morgan fingerprint density at radius 1 is 1.13 bits per heavy atom. The number of nitrogens with one attached hydrogen (secondary N) is 1. The molecule has 3 rings (SSSR count). The van der Waals surface area contributed by atoms with Crippen LogP contribution in [0.2, 0.25) is 0 Å². The average Bonchev–Trinajstić information content (AvgIpc) is 2.93. The fourth-order valence-corrected chi connectivity index (χ4v) is 2.68. The maximum absolute atomic E-state index is 5.02. The predicted molar refractivity (Wildman–Crippen MR) is 87.5 cm³/mol. The van der Waals surface area contributed by atoms with Crippen molar-refractivity contribution in [3.63, 3.8) is 0 Å². The lowest BCUT2D eigenvalue weighted by Gasteiger charge is -2.34. The molecule has 0 saturated carbocycles. The van der Waals surface area contributed by atoms with E-state index in [1.807, 2.05) is 19.9 Å². The fourth-order valence-electron chi connectivity index (χ4n) is 2.68. The van der Waals surface area contributed by atoms with Crippen molar-refractivity contribution in [3.05, 3.63) is 23.5 Å². The van der Waals surface area contributed by atoms with Crippen molar-refractivity contribution in [2.45, 2.75) is 27.3 Å². The molecule has 1 fully saturated rings. The molecule has 8 heteroatoms. The van der Waals surface area contributed by atoms with E-state index in [1.54, 1.807) is 0 Å². The normalized spacial score (nSPS) is 15.9. The number of rotatable bonds is 5. The minimum Gasteiger partial charge on any atom is -0.370 e. The molecule has 1 aliphatic heterocycles. The Balaban J connectivity index is 1.60. The molecule has 3 heterocycles. The molecule has 1 saturated heterocycles. The number of nitrogens with zero attached hydrogens (tertiary/aromatic N) is 6. The Labute approximate surface area is 135 Å². The Hall–Kier alpha value is -2.22. The van der Waals surface area contributed by atoms with Crippen LogP contribution in [0.25, 0.3) is 0 Å². The van der Waals surface area contributed by atoms with Crippen LogP contribution in [0.5, 0.6) is 0 Å². The SMILES string of the molecule is CCNc1cc(C)nc(N2CCN(Cc3noc(C)n3)CC2)n1. The van der Waals surface area contributed by atoms with Gasteiger partial charge in [-0.05, 0) is 13.8 Å². The van der Waals surface area contributed by atoms with Crippen LogP contribution >= 0.6 is 0 Å². The first kappa shape index (κ1) is 15.7. The monoisotopic (exact) mass is 317 g/mol. The Kier molecular flexibility index (Phi) is 4.71. The third kappa shape index (κ3) is 3.95. The summed E-state index contributed by atoms with van der Waals surface area (Å²) < 4.78 is 5.02. The molecule has 0 atom stereocenters. The van der Waals surface area contributed by atoms with Gasteiger partial charge in [0.05, 0.1) is 6.54 Å². The molecule has 0 aromatic carbocycles. The van der Waals surface area contributed by atoms with Gasteiger partial charge < -0.3 is 14.7 Å². The van der Waals surface area contributed by atoms with Crippen LogP contribution in [0.4, 0.5) is 11.8 Å². The van der Waals surface area contributed by atoms with Crippen LogP contribution < -0.4 is 10.2 Å². The molecule has 2 aromatic rings. The van der Waals surface area contributed by atoms with Crippen LogP contribution in [0.1, 0.15) is 24.3 Å². The maximum Gasteiger partial charge on any atom is 0.227 e. The number of piperazine rings is 1. The van der Waals surface area contributed by atoms with E-state index >= 15 is 0 Å². The third-order valence-electron chi connectivity index (χ3n) is 3.79. The Morgan fingerprint density at radius 3 is 2.57 bits per heavy atom. The van der Waals surface area contributed by atoms with E-state index in [-0.39, 0.29) is 0 Å². The quantitative estimate of drug-likeness (QED) is 0.881. The van der Waals surface area contributed by atoms with Gasteiger partial charge in [0.15, 0.2) is 5.82 Å². The lowest BCUT2D eigenvalue weighted by molar-refractivity contribution is 0.239. The van der Waals surface area contributed by atoms with E-state index in [1.165, 1.54) is 0 Å². The highest BCUT2D eigenvalue weighted by atomic mass is 16.5. The zero-order valence-electron chi connectivity index (χ0n) is 13.9. The molecular formula is C15H23N7O. The summed E-state index contributed by atoms with van der Waals surface area (Å²) in [6.45, 7) is 11.1. The van der Waals surface area contributed by atoms with Gasteiger partial charge in [0.1, 0.15) is 5.82 Å². The standard InChI is InChI=1S/C15H23N7O/c1-4-16-13-9-11(2)17-15(19-13)22-7-5-21(6-8-22)10-14-18-12(3)23-20-14/h9H,4-8,10H2,1-3H3,(H,16,17,19). The molecule has 124 valence electrons. The molecule has 0 unspecified atom stereocenters. The van der Waals surface area contributed by atoms with Gasteiger partial charge >= 0.3 is 0 Å². The van der Waals surface area contributed by atoms with Crippen LogP contribution in [0.15, 0.2) is 10.6 Å². The summed E-state index contributed by atoms with van der Waals surface area (Å²) in [5.41, 5.74) is 0.982. The van der Waals surface area contributed by atoms with E-state index in [2.05, 4.69) is 42.1 Å². The molecule has 23 heavy (non-hydrogen) atoms. The van der Waals surface area contributed by atoms with E-state index in [9.17, 15) is 0 Å². The number of aromatic nitrogens is 4. The van der Waals surface area contributed by atoms with Gasteiger partial charge in [-0.15, -0.1) is 0 Å². The highest BCUT2D eigenvalue weighted by molar-refractivity contribution is 5.43. The van der Waals surface area contributed by atoms with Crippen molar-refractivity contribution in [3.8, 4) is 0 Å². The third-order valence-corrected chi connectivity index (χ3v) is 3.79. The number of aryl methyl sites for hydroxylation is 2. The van der Waals surface area contributed by atoms with Crippen LogP contribution in [0, 0.1) is 13.8 Å². The average molecular weight is 317 g/mol. The van der Waals surface area contributed by atoms with Gasteiger partial charge in [0.2, 0.25) is 11.8 Å². The van der Waals surface area contributed by atoms with Crippen LogP contribution in [-0.2, 0) is 6.54 Å². The first-order chi connectivity index (χ1) is 11.1. The lowest BCUT2D eigenvalue weighted by Crippen LogP contribution is -2.46. The Morgan fingerprint density at radius 2 is 1.91 bits per heavy atom. The van der Waals surface area contributed by atoms with Crippen molar-refractivity contribution in [1.82, 2.24) is 25.0 Å². The van der Waals surface area contributed by atoms with Crippen LogP contribution in [-0.4, -0.2) is 57.7 Å². The van der Waals surface area contributed by atoms with Crippen molar-refractivity contribution in [2.24, 2.45) is 0 Å². The summed E-state index contributed by atoms with van der Waals surface area (Å²) in [6.07, 6.45) is 0. The second-order valence-corrected chi connectivity index (χ2v) is 5.72. The van der Waals surface area contributed by atoms with Gasteiger partial charge in [-0.3, -0.25) is 4.90 Å². The fraction of sp³-hybridized carbons (Fsp3) is 0.600. The molecule has 0 amide bonds. The van der Waals surface area contributed by atoms with E-state index in [0.717, 1.165) is 62.6 Å². The van der Waals surface area contributed by atoms with Gasteiger partial charge in [-0.2, -0.15) is 9.97 Å². The molecule has 1 N–H and O–H groups in total. The summed E-state index contributed by atoms with van der Waals surface area (Å²) in [6, 6.07) is 1.97. The molecule has 2 aromatic heterocycles. The number of hydrogen-bond donors (Lipinski definition) is 1. The second kappa shape index (κ2) is 6.91. The van der Waals surface area contributed by atoms with E-state index < -0.39 is 0 Å². The zero-order valence-corrected chi connectivity index (χ0v) is 13.9. The number of hydrogen-bond acceptors (Lipinski definition) is 8. The summed E-state index contributed by atoms with van der Waals surface area (Å²) in [5, 5.41) is 7.21. The van der Waals surface area contributed by atoms with E-state index in [4.69, 9.17) is 4.52 Å². The highest BCUT2D eigenvalue weighted by Gasteiger charge is 2.21. The zero-order chi connectivity index (χ0) is 16.2. The summed E-state index contributed by atoms with van der Waals surface area (Å²) in [4.78, 5) is 18.0. The van der Waals surface area contributed by atoms with Gasteiger partial charge in [-0.1, -0.05) is 5.16 Å². The molecular weight excluding hydrogens is 294 g/mol. The molecule has 0 bridgehead atoms. The molecule has 0 spiro atoms. The largest absolute Gasteiger partial charge is 0.370 e. The Bertz CT molecular complexity index is 649. The van der Waals surface area contributed by atoms with Crippen molar-refractivity contribution >= 4 is 11.8 Å². The minimum atomic E-state index is 0.614. The molecule has 0 aliphatic carbocycles. The maximum atomic E-state index is 5.02. The summed E-state index contributed by atoms with van der Waals surface area (Å²) >= 11 is 0. The summed E-state index contributed by atoms with van der Waals surface area (Å²) in [7, 11) is 0.